The molecule has 148 valence electrons. The first-order valence-electron chi connectivity index (χ1n) is 10.7. The average Bonchev–Trinajstić information content (AvgIpc) is 2.68. The number of carbonyl (C=O) groups is 1. The van der Waals surface area contributed by atoms with Crippen molar-refractivity contribution in [1.82, 2.24) is 4.90 Å². The third-order valence-electron chi connectivity index (χ3n) is 6.32. The summed E-state index contributed by atoms with van der Waals surface area (Å²) >= 11 is 0. The van der Waals surface area contributed by atoms with E-state index in [1.165, 1.54) is 36.1 Å². The van der Waals surface area contributed by atoms with Gasteiger partial charge in [0, 0.05) is 43.9 Å². The lowest BCUT2D eigenvalue weighted by Crippen LogP contribution is -2.49. The number of para-hydroxylation sites is 1. The second-order valence-corrected chi connectivity index (χ2v) is 9.20. The van der Waals surface area contributed by atoms with Crippen LogP contribution in [0.25, 0.3) is 5.57 Å². The van der Waals surface area contributed by atoms with Gasteiger partial charge in [0.1, 0.15) is 0 Å². The number of hydrogen-bond acceptors (Lipinski definition) is 2. The Morgan fingerprint density at radius 2 is 1.81 bits per heavy atom. The van der Waals surface area contributed by atoms with Gasteiger partial charge in [-0.1, -0.05) is 52.0 Å². The first-order chi connectivity index (χ1) is 12.9. The van der Waals surface area contributed by atoms with E-state index in [-0.39, 0.29) is 0 Å². The zero-order valence-electron chi connectivity index (χ0n) is 17.6. The van der Waals surface area contributed by atoms with Crippen LogP contribution >= 0.6 is 0 Å². The Morgan fingerprint density at radius 1 is 1.11 bits per heavy atom. The molecule has 1 aromatic rings. The van der Waals surface area contributed by atoms with E-state index in [0.29, 0.717) is 17.7 Å². The molecule has 2 aliphatic rings. The zero-order chi connectivity index (χ0) is 19.4. The van der Waals surface area contributed by atoms with Gasteiger partial charge in [-0.05, 0) is 48.7 Å². The number of carbonyl (C=O) groups excluding carboxylic acids is 1. The first-order valence-corrected chi connectivity index (χ1v) is 10.7. The van der Waals surface area contributed by atoms with Crippen LogP contribution in [-0.2, 0) is 4.79 Å². The van der Waals surface area contributed by atoms with Crippen molar-refractivity contribution in [3.63, 3.8) is 0 Å². The lowest BCUT2D eigenvalue weighted by molar-refractivity contribution is -0.131. The molecular formula is C24H36N2O. The van der Waals surface area contributed by atoms with Gasteiger partial charge in [0.25, 0.3) is 0 Å². The summed E-state index contributed by atoms with van der Waals surface area (Å²) in [5, 5.41) is 0. The molecule has 1 atom stereocenters. The van der Waals surface area contributed by atoms with Gasteiger partial charge in [0.2, 0.25) is 5.91 Å². The first kappa shape index (κ1) is 20.0. The summed E-state index contributed by atoms with van der Waals surface area (Å²) in [6.07, 6.45) is 7.74. The quantitative estimate of drug-likeness (QED) is 0.714. The number of allylic oxidation sites excluding steroid dienone is 2. The van der Waals surface area contributed by atoms with Crippen LogP contribution in [0.15, 0.2) is 30.3 Å². The number of benzene rings is 1. The molecule has 1 saturated heterocycles. The van der Waals surface area contributed by atoms with E-state index < -0.39 is 0 Å². The van der Waals surface area contributed by atoms with Crippen LogP contribution in [0.4, 0.5) is 5.69 Å². The van der Waals surface area contributed by atoms with Crippen molar-refractivity contribution >= 4 is 17.2 Å². The monoisotopic (exact) mass is 368 g/mol. The molecule has 3 rings (SSSR count). The summed E-state index contributed by atoms with van der Waals surface area (Å²) in [5.41, 5.74) is 4.65. The second kappa shape index (κ2) is 8.50. The van der Waals surface area contributed by atoms with Crippen LogP contribution < -0.4 is 4.90 Å². The van der Waals surface area contributed by atoms with Crippen LogP contribution in [0.1, 0.15) is 65.4 Å². The smallest absolute Gasteiger partial charge is 0.222 e. The Labute approximate surface area is 165 Å². The third-order valence-corrected chi connectivity index (χ3v) is 6.32. The van der Waals surface area contributed by atoms with E-state index in [4.69, 9.17) is 0 Å². The van der Waals surface area contributed by atoms with E-state index in [1.54, 1.807) is 0 Å². The summed E-state index contributed by atoms with van der Waals surface area (Å²) in [6, 6.07) is 8.86. The SMILES string of the molecule is CCCC(=O)N1CCN(c2ccccc2C2=CCC(C(C)(C)C)CC2)CC1. The van der Waals surface area contributed by atoms with Gasteiger partial charge in [-0.3, -0.25) is 4.79 Å². The van der Waals surface area contributed by atoms with Crippen molar-refractivity contribution in [2.45, 2.75) is 59.8 Å². The Balaban J connectivity index is 1.71. The minimum absolute atomic E-state index is 0.314. The maximum absolute atomic E-state index is 12.2. The van der Waals surface area contributed by atoms with E-state index in [9.17, 15) is 4.79 Å². The zero-order valence-corrected chi connectivity index (χ0v) is 17.6. The molecule has 1 aliphatic heterocycles. The molecule has 0 radical (unpaired) electrons. The Morgan fingerprint density at radius 3 is 2.41 bits per heavy atom. The topological polar surface area (TPSA) is 23.6 Å². The van der Waals surface area contributed by atoms with Crippen molar-refractivity contribution < 1.29 is 4.79 Å². The highest BCUT2D eigenvalue weighted by atomic mass is 16.2. The molecule has 1 amide bonds. The van der Waals surface area contributed by atoms with Crippen LogP contribution in [0, 0.1) is 11.3 Å². The van der Waals surface area contributed by atoms with E-state index >= 15 is 0 Å². The number of nitrogens with zero attached hydrogens (tertiary/aromatic N) is 2. The summed E-state index contributed by atoms with van der Waals surface area (Å²) in [6.45, 7) is 12.7. The van der Waals surface area contributed by atoms with Crippen molar-refractivity contribution in [1.29, 1.82) is 0 Å². The van der Waals surface area contributed by atoms with Crippen molar-refractivity contribution in [3.05, 3.63) is 35.9 Å². The van der Waals surface area contributed by atoms with Gasteiger partial charge in [-0.25, -0.2) is 0 Å². The fraction of sp³-hybridized carbons (Fsp3) is 0.625. The second-order valence-electron chi connectivity index (χ2n) is 9.20. The standard InChI is InChI=1S/C24H36N2O/c1-5-8-23(27)26-17-15-25(16-18-26)22-10-7-6-9-21(22)19-11-13-20(14-12-19)24(2,3)4/h6-7,9-11,20H,5,8,12-18H2,1-4H3. The molecule has 0 bridgehead atoms. The van der Waals surface area contributed by atoms with Gasteiger partial charge in [-0.2, -0.15) is 0 Å². The molecule has 1 unspecified atom stereocenters. The molecular weight excluding hydrogens is 332 g/mol. The minimum atomic E-state index is 0.314. The highest BCUT2D eigenvalue weighted by molar-refractivity contribution is 5.79. The Hall–Kier alpha value is -1.77. The highest BCUT2D eigenvalue weighted by Gasteiger charge is 2.28. The Bertz CT molecular complexity index is 678. The van der Waals surface area contributed by atoms with Crippen molar-refractivity contribution in [2.24, 2.45) is 11.3 Å². The van der Waals surface area contributed by atoms with Crippen molar-refractivity contribution in [3.8, 4) is 0 Å². The molecule has 1 aromatic carbocycles. The largest absolute Gasteiger partial charge is 0.367 e. The maximum Gasteiger partial charge on any atom is 0.222 e. The molecule has 1 fully saturated rings. The molecule has 3 heteroatoms. The average molecular weight is 369 g/mol. The van der Waals surface area contributed by atoms with Crippen LogP contribution in [-0.4, -0.2) is 37.0 Å². The van der Waals surface area contributed by atoms with Gasteiger partial charge < -0.3 is 9.80 Å². The molecule has 1 aliphatic carbocycles. The number of anilines is 1. The van der Waals surface area contributed by atoms with Crippen LogP contribution in [0.3, 0.4) is 0 Å². The molecule has 0 aromatic heterocycles. The van der Waals surface area contributed by atoms with Crippen LogP contribution in [0.2, 0.25) is 0 Å². The normalized spacial score (nSPS) is 21.2. The summed E-state index contributed by atoms with van der Waals surface area (Å²) in [7, 11) is 0. The van der Waals surface area contributed by atoms with Gasteiger partial charge in [0.05, 0.1) is 0 Å². The summed E-state index contributed by atoms with van der Waals surface area (Å²) in [5.74, 6) is 1.09. The number of piperazine rings is 1. The summed E-state index contributed by atoms with van der Waals surface area (Å²) in [4.78, 5) is 16.7. The predicted molar refractivity (Wildman–Crippen MR) is 115 cm³/mol. The van der Waals surface area contributed by atoms with E-state index in [0.717, 1.165) is 38.5 Å². The molecule has 0 N–H and O–H groups in total. The number of rotatable bonds is 4. The molecule has 3 nitrogen and oxygen atoms in total. The van der Waals surface area contributed by atoms with E-state index in [2.05, 4.69) is 62.9 Å². The maximum atomic E-state index is 12.2. The Kier molecular flexibility index (Phi) is 6.29. The van der Waals surface area contributed by atoms with Gasteiger partial charge in [-0.15, -0.1) is 0 Å². The van der Waals surface area contributed by atoms with Crippen LogP contribution in [0.5, 0.6) is 0 Å². The van der Waals surface area contributed by atoms with E-state index in [1.807, 2.05) is 4.90 Å². The lowest BCUT2D eigenvalue weighted by atomic mass is 9.72. The van der Waals surface area contributed by atoms with Crippen molar-refractivity contribution in [2.75, 3.05) is 31.1 Å². The number of hydrogen-bond donors (Lipinski definition) is 0. The highest BCUT2D eigenvalue weighted by Crippen LogP contribution is 2.41. The molecule has 0 saturated carbocycles. The fourth-order valence-corrected chi connectivity index (χ4v) is 4.46. The number of amides is 1. The minimum Gasteiger partial charge on any atom is -0.367 e. The predicted octanol–water partition coefficient (Wildman–Crippen LogP) is 5.36. The lowest BCUT2D eigenvalue weighted by Gasteiger charge is -2.38. The van der Waals surface area contributed by atoms with Gasteiger partial charge >= 0.3 is 0 Å². The molecule has 27 heavy (non-hydrogen) atoms. The summed E-state index contributed by atoms with van der Waals surface area (Å²) < 4.78 is 0. The molecule has 0 spiro atoms. The third kappa shape index (κ3) is 4.75. The fourth-order valence-electron chi connectivity index (χ4n) is 4.46. The molecule has 1 heterocycles. The van der Waals surface area contributed by atoms with Gasteiger partial charge in [0.15, 0.2) is 0 Å².